The monoisotopic (exact) mass is 549 g/mol. The van der Waals surface area contributed by atoms with Gasteiger partial charge in [0.15, 0.2) is 17.1 Å². The Hall–Kier alpha value is -5.66. The number of nitrogens with zero attached hydrogens (tertiary/aromatic N) is 7. The molecule has 2 aromatic carbocycles. The topological polar surface area (TPSA) is 195 Å². The molecule has 0 radical (unpaired) electrons. The number of carbonyl (C=O) groups is 2. The molecule has 0 saturated carbocycles. The number of oxazole rings is 1. The van der Waals surface area contributed by atoms with Crippen molar-refractivity contribution < 1.29 is 14.0 Å². The summed E-state index contributed by atoms with van der Waals surface area (Å²) in [7, 11) is 0. The number of nitrogens with two attached hydrogens (primary N) is 1. The second-order valence-corrected chi connectivity index (χ2v) is 9.80. The van der Waals surface area contributed by atoms with Crippen molar-refractivity contribution in [3.8, 4) is 11.4 Å². The molecular weight excluding hydrogens is 526 g/mol. The number of aromatic nitrogens is 8. The molecule has 1 aliphatic carbocycles. The van der Waals surface area contributed by atoms with Gasteiger partial charge >= 0.3 is 0 Å². The fourth-order valence-electron chi connectivity index (χ4n) is 5.16. The lowest BCUT2D eigenvalue weighted by Crippen LogP contribution is -2.30. The van der Waals surface area contributed by atoms with Gasteiger partial charge in [0, 0.05) is 31.2 Å². The lowest BCUT2D eigenvalue weighted by atomic mass is 10.0. The molecule has 0 bridgehead atoms. The number of aromatic amines is 1. The summed E-state index contributed by atoms with van der Waals surface area (Å²) in [5.41, 5.74) is 11.6. The average Bonchev–Trinajstić information content (AvgIpc) is 3.76. The van der Waals surface area contributed by atoms with E-state index in [-0.39, 0.29) is 35.4 Å². The second kappa shape index (κ2) is 9.51. The molecule has 4 aromatic heterocycles. The normalized spacial score (nSPS) is 14.4. The Morgan fingerprint density at radius 3 is 2.88 bits per heavy atom. The first-order valence-electron chi connectivity index (χ1n) is 12.9. The standard InChI is InChI=1S/C27H23N11O3/c1-13-30-19-8-14(2-7-22(19)41-13)12-29-27(40)21-10-20(31-24-11-23(28)35-38(21)24)26(39)32-18-6-4-15-9-16(3-5-17(15)18)25-33-36-37-34-25/h2-3,5,7-11,18H,4,6,12H2,1H3,(H2,28,35)(H,29,40)(H,32,39)(H,33,34,36,37)/t18-/m0/s1. The van der Waals surface area contributed by atoms with E-state index in [4.69, 9.17) is 10.2 Å². The molecule has 41 heavy (non-hydrogen) atoms. The van der Waals surface area contributed by atoms with Gasteiger partial charge in [0.25, 0.3) is 11.8 Å². The molecule has 0 unspecified atom stereocenters. The molecular formula is C27H23N11O3. The van der Waals surface area contributed by atoms with Crippen LogP contribution in [0.5, 0.6) is 0 Å². The fourth-order valence-corrected chi connectivity index (χ4v) is 5.16. The number of nitrogens with one attached hydrogen (secondary N) is 3. The van der Waals surface area contributed by atoms with Gasteiger partial charge in [-0.25, -0.2) is 14.5 Å². The van der Waals surface area contributed by atoms with E-state index < -0.39 is 11.8 Å². The number of carbonyl (C=O) groups excluding carboxylic acids is 2. The summed E-state index contributed by atoms with van der Waals surface area (Å²) in [5, 5.41) is 24.3. The molecule has 2 amide bonds. The van der Waals surface area contributed by atoms with Crippen molar-refractivity contribution in [2.75, 3.05) is 5.73 Å². The van der Waals surface area contributed by atoms with E-state index in [2.05, 4.69) is 46.3 Å². The molecule has 14 heteroatoms. The average molecular weight is 550 g/mol. The summed E-state index contributed by atoms with van der Waals surface area (Å²) in [6.07, 6.45) is 1.51. The molecule has 0 fully saturated rings. The third kappa shape index (κ3) is 4.50. The quantitative estimate of drug-likeness (QED) is 0.239. The minimum atomic E-state index is -0.439. The van der Waals surface area contributed by atoms with Crippen molar-refractivity contribution in [1.82, 2.24) is 50.8 Å². The van der Waals surface area contributed by atoms with Crippen molar-refractivity contribution in [2.45, 2.75) is 32.4 Å². The van der Waals surface area contributed by atoms with E-state index in [0.29, 0.717) is 22.8 Å². The largest absolute Gasteiger partial charge is 0.441 e. The highest BCUT2D eigenvalue weighted by Crippen LogP contribution is 2.33. The summed E-state index contributed by atoms with van der Waals surface area (Å²) in [6, 6.07) is 14.1. The van der Waals surface area contributed by atoms with Gasteiger partial charge in [-0.15, -0.1) is 15.3 Å². The number of tetrazole rings is 1. The number of nitrogen functional groups attached to an aromatic ring is 1. The zero-order valence-electron chi connectivity index (χ0n) is 21.8. The molecule has 0 saturated heterocycles. The van der Waals surface area contributed by atoms with E-state index in [0.717, 1.165) is 35.1 Å². The number of H-pyrrole nitrogens is 1. The van der Waals surface area contributed by atoms with Crippen LogP contribution in [0, 0.1) is 6.92 Å². The fraction of sp³-hybridized carbons (Fsp3) is 0.185. The predicted molar refractivity (Wildman–Crippen MR) is 145 cm³/mol. The van der Waals surface area contributed by atoms with Crippen LogP contribution in [0.1, 0.15) is 56.0 Å². The number of aryl methyl sites for hydroxylation is 2. The Bertz CT molecular complexity index is 1960. The first-order valence-corrected chi connectivity index (χ1v) is 12.9. The molecule has 4 heterocycles. The molecule has 1 aliphatic rings. The van der Waals surface area contributed by atoms with Gasteiger partial charge in [-0.1, -0.05) is 18.2 Å². The number of fused-ring (bicyclic) bond motifs is 3. The lowest BCUT2D eigenvalue weighted by Gasteiger charge is -2.15. The second-order valence-electron chi connectivity index (χ2n) is 9.80. The number of hydrogen-bond acceptors (Lipinski definition) is 10. The van der Waals surface area contributed by atoms with Crippen molar-refractivity contribution >= 4 is 34.4 Å². The van der Waals surface area contributed by atoms with Crippen LogP contribution in [0.4, 0.5) is 5.82 Å². The molecule has 5 N–H and O–H groups in total. The van der Waals surface area contributed by atoms with Crippen LogP contribution in [0.25, 0.3) is 28.1 Å². The molecule has 14 nitrogen and oxygen atoms in total. The maximum Gasteiger partial charge on any atom is 0.270 e. The van der Waals surface area contributed by atoms with Crippen LogP contribution in [-0.4, -0.2) is 52.0 Å². The zero-order valence-corrected chi connectivity index (χ0v) is 21.8. The first kappa shape index (κ1) is 24.4. The zero-order chi connectivity index (χ0) is 28.1. The van der Waals surface area contributed by atoms with Crippen molar-refractivity contribution in [1.29, 1.82) is 0 Å². The minimum Gasteiger partial charge on any atom is -0.441 e. The van der Waals surface area contributed by atoms with Gasteiger partial charge < -0.3 is 20.8 Å². The van der Waals surface area contributed by atoms with Gasteiger partial charge in [-0.2, -0.15) is 5.21 Å². The van der Waals surface area contributed by atoms with Gasteiger partial charge in [-0.3, -0.25) is 9.59 Å². The number of anilines is 1. The molecule has 0 spiro atoms. The summed E-state index contributed by atoms with van der Waals surface area (Å²) in [4.78, 5) is 35.4. The maximum atomic E-state index is 13.4. The van der Waals surface area contributed by atoms with Gasteiger partial charge in [0.2, 0.25) is 5.82 Å². The molecule has 7 rings (SSSR count). The third-order valence-corrected chi connectivity index (χ3v) is 7.05. The Balaban J connectivity index is 1.12. The minimum absolute atomic E-state index is 0.0823. The molecule has 1 atom stereocenters. The smallest absolute Gasteiger partial charge is 0.270 e. The van der Waals surface area contributed by atoms with Crippen LogP contribution in [0.3, 0.4) is 0 Å². The van der Waals surface area contributed by atoms with Crippen LogP contribution in [-0.2, 0) is 13.0 Å². The number of rotatable bonds is 6. The third-order valence-electron chi connectivity index (χ3n) is 7.05. The summed E-state index contributed by atoms with van der Waals surface area (Å²) in [6.45, 7) is 2.01. The van der Waals surface area contributed by atoms with Crippen LogP contribution in [0.2, 0.25) is 0 Å². The van der Waals surface area contributed by atoms with Gasteiger partial charge in [0.05, 0.1) is 6.04 Å². The maximum absolute atomic E-state index is 13.4. The molecule has 0 aliphatic heterocycles. The first-order chi connectivity index (χ1) is 19.9. The summed E-state index contributed by atoms with van der Waals surface area (Å²) >= 11 is 0. The summed E-state index contributed by atoms with van der Waals surface area (Å²) < 4.78 is 6.85. The molecule has 6 aromatic rings. The van der Waals surface area contributed by atoms with Crippen LogP contribution >= 0.6 is 0 Å². The van der Waals surface area contributed by atoms with Gasteiger partial charge in [0.1, 0.15) is 22.7 Å². The van der Waals surface area contributed by atoms with Crippen LogP contribution < -0.4 is 16.4 Å². The van der Waals surface area contributed by atoms with Crippen molar-refractivity contribution in [3.05, 3.63) is 82.5 Å². The SMILES string of the molecule is Cc1nc2cc(CNC(=O)c3cc(C(=O)N[C@H]4CCc5cc(-c6nn[nH]n6)ccc54)nc4cc(N)nn34)ccc2o1. The highest BCUT2D eigenvalue weighted by atomic mass is 16.3. The Kier molecular flexibility index (Phi) is 5.66. The molecule has 204 valence electrons. The predicted octanol–water partition coefficient (Wildman–Crippen LogP) is 2.29. The highest BCUT2D eigenvalue weighted by molar-refractivity contribution is 5.98. The number of hydrogen-bond donors (Lipinski definition) is 4. The van der Waals surface area contributed by atoms with Crippen molar-refractivity contribution in [2.24, 2.45) is 0 Å². The van der Waals surface area contributed by atoms with Crippen molar-refractivity contribution in [3.63, 3.8) is 0 Å². The lowest BCUT2D eigenvalue weighted by molar-refractivity contribution is 0.0931. The Morgan fingerprint density at radius 1 is 1.12 bits per heavy atom. The van der Waals surface area contributed by atoms with E-state index in [1.807, 2.05) is 36.4 Å². The Labute approximate surface area is 231 Å². The number of amides is 2. The van der Waals surface area contributed by atoms with E-state index >= 15 is 0 Å². The number of benzene rings is 2. The van der Waals surface area contributed by atoms with Gasteiger partial charge in [-0.05, 0) is 52.9 Å². The highest BCUT2D eigenvalue weighted by Gasteiger charge is 2.27. The summed E-state index contributed by atoms with van der Waals surface area (Å²) in [5.74, 6) is 0.409. The van der Waals surface area contributed by atoms with E-state index in [9.17, 15) is 9.59 Å². The van der Waals surface area contributed by atoms with E-state index in [1.54, 1.807) is 6.92 Å². The Morgan fingerprint density at radius 2 is 2.02 bits per heavy atom. The van der Waals surface area contributed by atoms with Crippen LogP contribution in [0.15, 0.2) is 52.9 Å². The van der Waals surface area contributed by atoms with E-state index in [1.165, 1.54) is 16.6 Å².